The van der Waals surface area contributed by atoms with Gasteiger partial charge in [-0.1, -0.05) is 42.5 Å². The summed E-state index contributed by atoms with van der Waals surface area (Å²) in [4.78, 5) is 10.1. The Kier molecular flexibility index (Phi) is 3.86. The summed E-state index contributed by atoms with van der Waals surface area (Å²) >= 11 is 0. The highest BCUT2D eigenvalue weighted by Gasteiger charge is 2.01. The van der Waals surface area contributed by atoms with E-state index in [1.54, 1.807) is 12.1 Å². The predicted molar refractivity (Wildman–Crippen MR) is 72.0 cm³/mol. The van der Waals surface area contributed by atoms with E-state index in [0.717, 1.165) is 11.1 Å². The summed E-state index contributed by atoms with van der Waals surface area (Å²) in [5.74, 6) is 0. The number of hydrogen-bond donors (Lipinski definition) is 0. The normalized spacial score (nSPS) is 10.7. The maximum Gasteiger partial charge on any atom is 0.269 e. The van der Waals surface area contributed by atoms with Gasteiger partial charge < -0.3 is 0 Å². The van der Waals surface area contributed by atoms with Crippen LogP contribution in [0.25, 0.3) is 6.08 Å². The van der Waals surface area contributed by atoms with Crippen molar-refractivity contribution in [1.29, 1.82) is 0 Å². The molecule has 2 aromatic rings. The van der Waals surface area contributed by atoms with Gasteiger partial charge in [-0.25, -0.2) is 0 Å². The maximum atomic E-state index is 10.5. The molecule has 0 spiro atoms. The summed E-state index contributed by atoms with van der Waals surface area (Å²) in [6.45, 7) is 0. The molecule has 1 radical (unpaired) electrons. The van der Waals surface area contributed by atoms with Gasteiger partial charge >= 0.3 is 0 Å². The Bertz CT molecular complexity index is 544. The molecular formula is C15H12NO2. The minimum Gasteiger partial charge on any atom is -0.258 e. The predicted octanol–water partition coefficient (Wildman–Crippen LogP) is 3.86. The van der Waals surface area contributed by atoms with Gasteiger partial charge in [0.05, 0.1) is 4.92 Å². The third-order valence-electron chi connectivity index (χ3n) is 2.48. The topological polar surface area (TPSA) is 43.1 Å². The second-order valence-corrected chi connectivity index (χ2v) is 3.79. The number of hydrogen-bond acceptors (Lipinski definition) is 2. The molecule has 2 rings (SSSR count). The number of rotatable bonds is 4. The zero-order valence-electron chi connectivity index (χ0n) is 9.69. The first kappa shape index (κ1) is 12.0. The van der Waals surface area contributed by atoms with Crippen LogP contribution in [0.15, 0.2) is 60.7 Å². The van der Waals surface area contributed by atoms with Crippen molar-refractivity contribution in [3.05, 3.63) is 88.3 Å². The Morgan fingerprint density at radius 3 is 2.17 bits per heavy atom. The number of benzene rings is 2. The first-order chi connectivity index (χ1) is 8.75. The molecule has 0 bridgehead atoms. The lowest BCUT2D eigenvalue weighted by Gasteiger charge is -1.95. The van der Waals surface area contributed by atoms with Gasteiger partial charge in [-0.2, -0.15) is 0 Å². The molecule has 0 fully saturated rings. The molecule has 0 N–H and O–H groups in total. The van der Waals surface area contributed by atoms with Crippen molar-refractivity contribution in [2.24, 2.45) is 0 Å². The summed E-state index contributed by atoms with van der Waals surface area (Å²) in [5.41, 5.74) is 2.17. The highest BCUT2D eigenvalue weighted by molar-refractivity contribution is 5.54. The molecule has 0 saturated carbocycles. The molecule has 0 heterocycles. The van der Waals surface area contributed by atoms with E-state index < -0.39 is 4.92 Å². The van der Waals surface area contributed by atoms with Crippen LogP contribution < -0.4 is 0 Å². The molecular weight excluding hydrogens is 226 g/mol. The van der Waals surface area contributed by atoms with Crippen molar-refractivity contribution >= 4 is 11.8 Å². The molecule has 0 unspecified atom stereocenters. The van der Waals surface area contributed by atoms with Crippen LogP contribution in [0.4, 0.5) is 5.69 Å². The standard InChI is InChI=1S/C15H12NO2/c17-16(18)15-11-9-14(10-12-15)8-4-7-13-5-2-1-3-6-13/h1-12H. The Balaban J connectivity index is 1.99. The molecule has 0 aliphatic heterocycles. The van der Waals surface area contributed by atoms with Crippen molar-refractivity contribution < 1.29 is 4.92 Å². The summed E-state index contributed by atoms with van der Waals surface area (Å²) in [6.07, 6.45) is 5.83. The fourth-order valence-corrected chi connectivity index (χ4v) is 1.54. The van der Waals surface area contributed by atoms with E-state index in [9.17, 15) is 10.1 Å². The summed E-state index contributed by atoms with van der Waals surface area (Å²) in [6, 6.07) is 16.4. The first-order valence-corrected chi connectivity index (χ1v) is 5.56. The first-order valence-electron chi connectivity index (χ1n) is 5.56. The van der Waals surface area contributed by atoms with Crippen LogP contribution in [-0.2, 0) is 0 Å². The minimum atomic E-state index is -0.399. The number of nitrogens with zero attached hydrogens (tertiary/aromatic N) is 1. The molecule has 0 aliphatic rings. The van der Waals surface area contributed by atoms with Gasteiger partial charge in [0.25, 0.3) is 5.69 Å². The van der Waals surface area contributed by atoms with Crippen LogP contribution in [0.2, 0.25) is 0 Å². The van der Waals surface area contributed by atoms with Gasteiger partial charge in [0.15, 0.2) is 0 Å². The molecule has 0 amide bonds. The Hall–Kier alpha value is -2.42. The molecule has 0 aromatic heterocycles. The molecule has 0 atom stereocenters. The van der Waals surface area contributed by atoms with Crippen molar-refractivity contribution in [3.63, 3.8) is 0 Å². The molecule has 18 heavy (non-hydrogen) atoms. The molecule has 2 aromatic carbocycles. The van der Waals surface area contributed by atoms with Crippen LogP contribution in [0.1, 0.15) is 11.1 Å². The second-order valence-electron chi connectivity index (χ2n) is 3.79. The zero-order chi connectivity index (χ0) is 12.8. The molecule has 3 heteroatoms. The number of non-ortho nitro benzene ring substituents is 1. The quantitative estimate of drug-likeness (QED) is 0.599. The van der Waals surface area contributed by atoms with Gasteiger partial charge in [-0.15, -0.1) is 0 Å². The Morgan fingerprint density at radius 1 is 0.889 bits per heavy atom. The molecule has 3 nitrogen and oxygen atoms in total. The summed E-state index contributed by atoms with van der Waals surface area (Å²) < 4.78 is 0. The highest BCUT2D eigenvalue weighted by atomic mass is 16.6. The monoisotopic (exact) mass is 238 g/mol. The van der Waals surface area contributed by atoms with Crippen molar-refractivity contribution in [3.8, 4) is 0 Å². The van der Waals surface area contributed by atoms with Crippen LogP contribution in [0.5, 0.6) is 0 Å². The van der Waals surface area contributed by atoms with Gasteiger partial charge in [0, 0.05) is 18.6 Å². The van der Waals surface area contributed by atoms with Gasteiger partial charge in [-0.05, 0) is 23.3 Å². The van der Waals surface area contributed by atoms with Crippen LogP contribution in [0.3, 0.4) is 0 Å². The minimum absolute atomic E-state index is 0.110. The number of nitro benzene ring substituents is 1. The summed E-state index contributed by atoms with van der Waals surface area (Å²) in [7, 11) is 0. The zero-order valence-corrected chi connectivity index (χ0v) is 9.69. The van der Waals surface area contributed by atoms with Crippen LogP contribution in [-0.4, -0.2) is 4.92 Å². The lowest BCUT2D eigenvalue weighted by atomic mass is 10.1. The van der Waals surface area contributed by atoms with Crippen molar-refractivity contribution in [1.82, 2.24) is 0 Å². The molecule has 0 saturated heterocycles. The summed E-state index contributed by atoms with van der Waals surface area (Å²) in [5, 5.41) is 10.5. The van der Waals surface area contributed by atoms with Gasteiger partial charge in [0.1, 0.15) is 0 Å². The number of nitro groups is 1. The second kappa shape index (κ2) is 5.77. The van der Waals surface area contributed by atoms with Gasteiger partial charge in [0.2, 0.25) is 0 Å². The fraction of sp³-hybridized carbons (Fsp3) is 0. The average Bonchev–Trinajstić information content (AvgIpc) is 2.40. The largest absolute Gasteiger partial charge is 0.269 e. The fourth-order valence-electron chi connectivity index (χ4n) is 1.54. The number of allylic oxidation sites excluding steroid dienone is 1. The van der Waals surface area contributed by atoms with E-state index in [1.165, 1.54) is 12.1 Å². The molecule has 0 aliphatic carbocycles. The smallest absolute Gasteiger partial charge is 0.258 e. The lowest BCUT2D eigenvalue weighted by Crippen LogP contribution is -1.86. The van der Waals surface area contributed by atoms with Crippen molar-refractivity contribution in [2.45, 2.75) is 0 Å². The Morgan fingerprint density at radius 2 is 1.56 bits per heavy atom. The van der Waals surface area contributed by atoms with Crippen LogP contribution in [0, 0.1) is 16.5 Å². The van der Waals surface area contributed by atoms with E-state index in [2.05, 4.69) is 0 Å². The van der Waals surface area contributed by atoms with E-state index >= 15 is 0 Å². The van der Waals surface area contributed by atoms with E-state index in [0.29, 0.717) is 0 Å². The average molecular weight is 238 g/mol. The van der Waals surface area contributed by atoms with E-state index in [1.807, 2.05) is 48.9 Å². The van der Waals surface area contributed by atoms with Gasteiger partial charge in [-0.3, -0.25) is 10.1 Å². The maximum absolute atomic E-state index is 10.5. The SMILES string of the molecule is O=[N+]([O-])c1ccc(C=C[CH]c2ccccc2)cc1. The third kappa shape index (κ3) is 3.28. The van der Waals surface area contributed by atoms with E-state index in [4.69, 9.17) is 0 Å². The van der Waals surface area contributed by atoms with E-state index in [-0.39, 0.29) is 5.69 Å². The highest BCUT2D eigenvalue weighted by Crippen LogP contribution is 2.13. The third-order valence-corrected chi connectivity index (χ3v) is 2.48. The lowest BCUT2D eigenvalue weighted by molar-refractivity contribution is -0.384. The van der Waals surface area contributed by atoms with Crippen molar-refractivity contribution in [2.75, 3.05) is 0 Å². The van der Waals surface area contributed by atoms with Crippen LogP contribution >= 0.6 is 0 Å². The Labute approximate surface area is 106 Å². The molecule has 89 valence electrons.